The Kier molecular flexibility index (Phi) is 346. The standard InChI is InChI=1S/2C4H10.C3H8.2C2H6.3CH4.H3N/c2*1-4(2)3;1-3-2;2*1-2;;;;/h2*4H,1-3H3;3H2,1-2H3;2*1-2H3;3*1H4;1H3. The number of hydrogen-bond acceptors (Lipinski definition) is 1. The Balaban J connectivity index is -0.00000000918. The summed E-state index contributed by atoms with van der Waals surface area (Å²) in [5.74, 6) is 1.67. The van der Waals surface area contributed by atoms with Crippen LogP contribution in [0.3, 0.4) is 0 Å². The van der Waals surface area contributed by atoms with Crippen molar-refractivity contribution >= 4 is 0 Å². The van der Waals surface area contributed by atoms with Crippen molar-refractivity contribution in [1.29, 1.82) is 0 Å². The van der Waals surface area contributed by atoms with E-state index in [1.165, 1.54) is 6.42 Å². The molecule has 0 aromatic heterocycles. The zero-order valence-electron chi connectivity index (χ0n) is 14.6. The van der Waals surface area contributed by atoms with Gasteiger partial charge in [-0.05, 0) is 11.8 Å². The average Bonchev–Trinajstić information content (AvgIpc) is 2.09. The molecule has 0 aliphatic rings. The summed E-state index contributed by atoms with van der Waals surface area (Å²) in [5, 5.41) is 0. The Morgan fingerprint density at radius 1 is 0.526 bits per heavy atom. The largest absolute Gasteiger partial charge is 0.344 e. The minimum absolute atomic E-state index is 0. The van der Waals surface area contributed by atoms with Gasteiger partial charge in [-0.25, -0.2) is 0 Å². The first-order chi connectivity index (χ1) is 6.88. The van der Waals surface area contributed by atoms with Gasteiger partial charge in [-0.15, -0.1) is 0 Å². The van der Waals surface area contributed by atoms with Crippen LogP contribution in [0.25, 0.3) is 0 Å². The lowest BCUT2D eigenvalue weighted by atomic mass is 10.3. The van der Waals surface area contributed by atoms with Crippen molar-refractivity contribution in [1.82, 2.24) is 6.15 Å². The van der Waals surface area contributed by atoms with Crippen molar-refractivity contribution in [2.45, 2.75) is 112 Å². The first-order valence-corrected chi connectivity index (χ1v) is 6.88. The predicted octanol–water partition coefficient (Wildman–Crippen LogP) is 8.86. The van der Waals surface area contributed by atoms with E-state index in [0.717, 1.165) is 11.8 Å². The van der Waals surface area contributed by atoms with Crippen molar-refractivity contribution in [2.75, 3.05) is 0 Å². The fraction of sp³-hybridized carbons (Fsp3) is 1.00. The van der Waals surface area contributed by atoms with E-state index in [4.69, 9.17) is 0 Å². The minimum Gasteiger partial charge on any atom is -0.344 e. The van der Waals surface area contributed by atoms with E-state index in [0.29, 0.717) is 0 Å². The highest BCUT2D eigenvalue weighted by atomic mass is 14.0. The van der Waals surface area contributed by atoms with Crippen LogP contribution >= 0.6 is 0 Å². The number of rotatable bonds is 0. The molecule has 0 aliphatic carbocycles. The predicted molar refractivity (Wildman–Crippen MR) is 105 cm³/mol. The van der Waals surface area contributed by atoms with Gasteiger partial charge < -0.3 is 6.15 Å². The molecule has 0 fully saturated rings. The molecule has 0 saturated heterocycles. The molecule has 0 saturated carbocycles. The molecule has 0 spiro atoms. The molecule has 0 atom stereocenters. The van der Waals surface area contributed by atoms with E-state index in [1.807, 2.05) is 27.7 Å². The first-order valence-electron chi connectivity index (χ1n) is 6.88. The highest BCUT2D eigenvalue weighted by molar-refractivity contribution is 4.21. The summed E-state index contributed by atoms with van der Waals surface area (Å²) in [5.41, 5.74) is 0. The molecular formula is C18H55N. The van der Waals surface area contributed by atoms with E-state index in [1.54, 1.807) is 0 Å². The average molecular weight is 286 g/mol. The zero-order valence-corrected chi connectivity index (χ0v) is 14.6. The Hall–Kier alpha value is -0.0400. The summed E-state index contributed by atoms with van der Waals surface area (Å²) < 4.78 is 0. The van der Waals surface area contributed by atoms with Gasteiger partial charge in [0.05, 0.1) is 0 Å². The smallest absolute Gasteiger partial charge is 0.0500 e. The van der Waals surface area contributed by atoms with Crippen molar-refractivity contribution in [3.63, 3.8) is 0 Å². The van der Waals surface area contributed by atoms with Crippen molar-refractivity contribution in [2.24, 2.45) is 11.8 Å². The van der Waals surface area contributed by atoms with Crippen LogP contribution in [0.15, 0.2) is 0 Å². The lowest BCUT2D eigenvalue weighted by Crippen LogP contribution is -1.66. The third kappa shape index (κ3) is 2860000. The Bertz CT molecular complexity index is 29.4. The van der Waals surface area contributed by atoms with E-state index in [2.05, 4.69) is 55.4 Å². The van der Waals surface area contributed by atoms with Crippen LogP contribution in [0.4, 0.5) is 0 Å². The fourth-order valence-electron chi connectivity index (χ4n) is 0. The Morgan fingerprint density at radius 2 is 0.526 bits per heavy atom. The van der Waals surface area contributed by atoms with Gasteiger partial charge in [-0.1, -0.05) is 112 Å². The molecule has 0 amide bonds. The normalized spacial score (nSPS) is 5.37. The van der Waals surface area contributed by atoms with Crippen LogP contribution in [0.1, 0.15) is 112 Å². The van der Waals surface area contributed by atoms with Gasteiger partial charge in [-0.2, -0.15) is 0 Å². The van der Waals surface area contributed by atoms with E-state index in [9.17, 15) is 0 Å². The summed E-state index contributed by atoms with van der Waals surface area (Å²) in [4.78, 5) is 0. The summed E-state index contributed by atoms with van der Waals surface area (Å²) in [6.07, 6.45) is 1.25. The topological polar surface area (TPSA) is 35.0 Å². The van der Waals surface area contributed by atoms with Crippen molar-refractivity contribution in [3.8, 4) is 0 Å². The lowest BCUT2D eigenvalue weighted by Gasteiger charge is -1.79. The molecule has 0 aliphatic heterocycles. The van der Waals surface area contributed by atoms with Gasteiger partial charge in [0, 0.05) is 0 Å². The molecule has 1 heteroatoms. The second kappa shape index (κ2) is 107. The molecule has 0 unspecified atom stereocenters. The third-order valence-electron chi connectivity index (χ3n) is 0. The summed E-state index contributed by atoms with van der Waals surface area (Å²) in [6.45, 7) is 25.2. The monoisotopic (exact) mass is 285 g/mol. The molecular weight excluding hydrogens is 230 g/mol. The van der Waals surface area contributed by atoms with Crippen LogP contribution in [0, 0.1) is 11.8 Å². The van der Waals surface area contributed by atoms with Crippen LogP contribution in [0.5, 0.6) is 0 Å². The maximum atomic E-state index is 2.17. The van der Waals surface area contributed by atoms with Gasteiger partial charge in [0.15, 0.2) is 0 Å². The number of hydrogen-bond donors (Lipinski definition) is 1. The molecule has 0 rings (SSSR count). The highest BCUT2D eigenvalue weighted by Gasteiger charge is 1.68. The SMILES string of the molecule is C.C.C.CC.CC.CC(C)C.CC(C)C.CCC.N. The molecule has 1 nitrogen and oxygen atoms in total. The van der Waals surface area contributed by atoms with Gasteiger partial charge in [0.25, 0.3) is 0 Å². The molecule has 0 heterocycles. The molecule has 0 aromatic rings. The lowest BCUT2D eigenvalue weighted by molar-refractivity contribution is 0.736. The van der Waals surface area contributed by atoms with Crippen molar-refractivity contribution in [3.05, 3.63) is 0 Å². The van der Waals surface area contributed by atoms with E-state index >= 15 is 0 Å². The summed E-state index contributed by atoms with van der Waals surface area (Å²) >= 11 is 0. The van der Waals surface area contributed by atoms with Crippen LogP contribution < -0.4 is 6.15 Å². The van der Waals surface area contributed by atoms with E-state index < -0.39 is 0 Å². The van der Waals surface area contributed by atoms with Crippen LogP contribution in [0.2, 0.25) is 0 Å². The van der Waals surface area contributed by atoms with Crippen LogP contribution in [-0.4, -0.2) is 0 Å². The fourth-order valence-corrected chi connectivity index (χ4v) is 0. The molecule has 0 bridgehead atoms. The molecule has 3 N–H and O–H groups in total. The second-order valence-corrected chi connectivity index (χ2v) is 4.17. The Morgan fingerprint density at radius 3 is 0.526 bits per heavy atom. The van der Waals surface area contributed by atoms with Crippen LogP contribution in [-0.2, 0) is 0 Å². The molecule has 0 aromatic carbocycles. The molecule has 132 valence electrons. The third-order valence-corrected chi connectivity index (χ3v) is 0. The summed E-state index contributed by atoms with van der Waals surface area (Å²) in [7, 11) is 0. The Labute approximate surface area is 130 Å². The van der Waals surface area contributed by atoms with Crippen molar-refractivity contribution < 1.29 is 0 Å². The second-order valence-electron chi connectivity index (χ2n) is 4.17. The quantitative estimate of drug-likeness (QED) is 0.474. The van der Waals surface area contributed by atoms with Gasteiger partial charge in [-0.3, -0.25) is 0 Å². The van der Waals surface area contributed by atoms with Gasteiger partial charge >= 0.3 is 0 Å². The zero-order chi connectivity index (χ0) is 13.9. The minimum atomic E-state index is 0. The maximum absolute atomic E-state index is 2.17. The molecule has 19 heavy (non-hydrogen) atoms. The van der Waals surface area contributed by atoms with Gasteiger partial charge in [0.1, 0.15) is 0 Å². The summed E-state index contributed by atoms with van der Waals surface area (Å²) in [6, 6.07) is 0. The van der Waals surface area contributed by atoms with Gasteiger partial charge in [0.2, 0.25) is 0 Å². The molecule has 0 radical (unpaired) electrons. The maximum Gasteiger partial charge on any atom is -0.0500 e. The first kappa shape index (κ1) is 61.6. The highest BCUT2D eigenvalue weighted by Crippen LogP contribution is 1.81. The van der Waals surface area contributed by atoms with E-state index in [-0.39, 0.29) is 28.4 Å².